The topological polar surface area (TPSA) is 68.0 Å². The summed E-state index contributed by atoms with van der Waals surface area (Å²) in [5, 5.41) is 18.2. The summed E-state index contributed by atoms with van der Waals surface area (Å²) in [6.07, 6.45) is 0. The Bertz CT molecular complexity index is 782. The number of hydrogen-bond acceptors (Lipinski definition) is 3. The maximum absolute atomic E-state index is 11.4. The van der Waals surface area contributed by atoms with Crippen LogP contribution in [0.3, 0.4) is 0 Å². The molecule has 5 nitrogen and oxygen atoms in total. The number of carboxylic acids is 1. The molecule has 0 aliphatic heterocycles. The van der Waals surface area contributed by atoms with Gasteiger partial charge in [-0.25, -0.2) is 4.79 Å². The summed E-state index contributed by atoms with van der Waals surface area (Å²) < 4.78 is 0. The SMILES string of the molecule is O=C(O)c1nn(-c2ccc(Cl)cc2)nc1-c1ccccc1. The van der Waals surface area contributed by atoms with Gasteiger partial charge in [0.2, 0.25) is 0 Å². The van der Waals surface area contributed by atoms with Crippen LogP contribution in [-0.4, -0.2) is 26.1 Å². The van der Waals surface area contributed by atoms with Gasteiger partial charge in [-0.15, -0.1) is 10.2 Å². The van der Waals surface area contributed by atoms with E-state index in [1.165, 1.54) is 4.80 Å². The summed E-state index contributed by atoms with van der Waals surface area (Å²) in [6.45, 7) is 0. The van der Waals surface area contributed by atoms with Crippen LogP contribution in [0.1, 0.15) is 10.5 Å². The molecule has 3 aromatic rings. The zero-order valence-corrected chi connectivity index (χ0v) is 11.5. The molecule has 104 valence electrons. The molecule has 0 radical (unpaired) electrons. The molecular formula is C15H10ClN3O2. The molecule has 0 amide bonds. The van der Waals surface area contributed by atoms with Crippen LogP contribution in [-0.2, 0) is 0 Å². The van der Waals surface area contributed by atoms with Crippen molar-refractivity contribution in [3.8, 4) is 16.9 Å². The van der Waals surface area contributed by atoms with Crippen LogP contribution < -0.4 is 0 Å². The van der Waals surface area contributed by atoms with E-state index in [4.69, 9.17) is 11.6 Å². The molecule has 2 aromatic carbocycles. The molecule has 0 saturated heterocycles. The Kier molecular flexibility index (Phi) is 3.41. The van der Waals surface area contributed by atoms with E-state index in [1.807, 2.05) is 18.2 Å². The van der Waals surface area contributed by atoms with E-state index >= 15 is 0 Å². The number of carbonyl (C=O) groups is 1. The van der Waals surface area contributed by atoms with Crippen molar-refractivity contribution in [2.75, 3.05) is 0 Å². The summed E-state index contributed by atoms with van der Waals surface area (Å²) in [6, 6.07) is 15.9. The van der Waals surface area contributed by atoms with Gasteiger partial charge in [-0.05, 0) is 24.3 Å². The fourth-order valence-electron chi connectivity index (χ4n) is 1.93. The van der Waals surface area contributed by atoms with Crippen LogP contribution in [0, 0.1) is 0 Å². The van der Waals surface area contributed by atoms with Crippen molar-refractivity contribution in [3.05, 3.63) is 65.3 Å². The number of carboxylic acid groups (broad SMARTS) is 1. The molecule has 1 N–H and O–H groups in total. The Morgan fingerprint density at radius 2 is 1.67 bits per heavy atom. The number of halogens is 1. The quantitative estimate of drug-likeness (QED) is 0.806. The second-order valence-electron chi connectivity index (χ2n) is 4.33. The third kappa shape index (κ3) is 2.64. The lowest BCUT2D eigenvalue weighted by Crippen LogP contribution is -2.02. The molecular weight excluding hydrogens is 290 g/mol. The third-order valence-corrected chi connectivity index (χ3v) is 3.17. The third-order valence-electron chi connectivity index (χ3n) is 2.92. The van der Waals surface area contributed by atoms with E-state index in [1.54, 1.807) is 36.4 Å². The maximum Gasteiger partial charge on any atom is 0.358 e. The second-order valence-corrected chi connectivity index (χ2v) is 4.77. The van der Waals surface area contributed by atoms with Crippen molar-refractivity contribution in [2.45, 2.75) is 0 Å². The van der Waals surface area contributed by atoms with Crippen LogP contribution in [0.25, 0.3) is 16.9 Å². The highest BCUT2D eigenvalue weighted by Crippen LogP contribution is 2.21. The summed E-state index contributed by atoms with van der Waals surface area (Å²) in [5.41, 5.74) is 1.59. The van der Waals surface area contributed by atoms with Gasteiger partial charge >= 0.3 is 5.97 Å². The number of nitrogens with zero attached hydrogens (tertiary/aromatic N) is 3. The molecule has 0 bridgehead atoms. The van der Waals surface area contributed by atoms with Crippen LogP contribution >= 0.6 is 11.6 Å². The van der Waals surface area contributed by atoms with Crippen molar-refractivity contribution < 1.29 is 9.90 Å². The van der Waals surface area contributed by atoms with E-state index in [9.17, 15) is 9.90 Å². The fourth-order valence-corrected chi connectivity index (χ4v) is 2.06. The first-order valence-corrected chi connectivity index (χ1v) is 6.55. The minimum Gasteiger partial charge on any atom is -0.476 e. The zero-order valence-electron chi connectivity index (χ0n) is 10.8. The summed E-state index contributed by atoms with van der Waals surface area (Å²) in [7, 11) is 0. The van der Waals surface area contributed by atoms with Crippen molar-refractivity contribution >= 4 is 17.6 Å². The van der Waals surface area contributed by atoms with Gasteiger partial charge in [0.05, 0.1) is 5.69 Å². The first-order valence-electron chi connectivity index (χ1n) is 6.17. The van der Waals surface area contributed by atoms with Crippen molar-refractivity contribution in [1.82, 2.24) is 15.0 Å². The van der Waals surface area contributed by atoms with E-state index in [0.29, 0.717) is 22.0 Å². The number of hydrogen-bond donors (Lipinski definition) is 1. The largest absolute Gasteiger partial charge is 0.476 e. The van der Waals surface area contributed by atoms with E-state index in [2.05, 4.69) is 10.2 Å². The Balaban J connectivity index is 2.13. The monoisotopic (exact) mass is 299 g/mol. The molecule has 0 fully saturated rings. The average molecular weight is 300 g/mol. The summed E-state index contributed by atoms with van der Waals surface area (Å²) in [5.74, 6) is -1.12. The highest BCUT2D eigenvalue weighted by molar-refractivity contribution is 6.30. The Hall–Kier alpha value is -2.66. The lowest BCUT2D eigenvalue weighted by molar-refractivity contribution is 0.0691. The fraction of sp³-hybridized carbons (Fsp3) is 0. The summed E-state index contributed by atoms with van der Waals surface area (Å²) >= 11 is 5.84. The second kappa shape index (κ2) is 5.38. The molecule has 0 unspecified atom stereocenters. The molecule has 1 heterocycles. The number of benzene rings is 2. The Labute approximate surface area is 125 Å². The highest BCUT2D eigenvalue weighted by Gasteiger charge is 2.19. The highest BCUT2D eigenvalue weighted by atomic mass is 35.5. The zero-order chi connectivity index (χ0) is 14.8. The molecule has 1 aromatic heterocycles. The smallest absolute Gasteiger partial charge is 0.358 e. The van der Waals surface area contributed by atoms with Gasteiger partial charge in [-0.3, -0.25) is 0 Å². The van der Waals surface area contributed by atoms with Crippen molar-refractivity contribution in [2.24, 2.45) is 0 Å². The van der Waals surface area contributed by atoms with Gasteiger partial charge in [0.25, 0.3) is 0 Å². The van der Waals surface area contributed by atoms with Crippen molar-refractivity contribution in [1.29, 1.82) is 0 Å². The Morgan fingerprint density at radius 3 is 2.29 bits per heavy atom. The number of aromatic carboxylic acids is 1. The van der Waals surface area contributed by atoms with Crippen LogP contribution in [0.4, 0.5) is 0 Å². The van der Waals surface area contributed by atoms with E-state index in [-0.39, 0.29) is 5.69 Å². The predicted molar refractivity (Wildman–Crippen MR) is 78.8 cm³/mol. The average Bonchev–Trinajstić information content (AvgIpc) is 2.94. The van der Waals surface area contributed by atoms with E-state index in [0.717, 1.165) is 0 Å². The van der Waals surface area contributed by atoms with Gasteiger partial charge in [0, 0.05) is 10.6 Å². The lowest BCUT2D eigenvalue weighted by Gasteiger charge is -1.98. The van der Waals surface area contributed by atoms with Crippen LogP contribution in [0.5, 0.6) is 0 Å². The van der Waals surface area contributed by atoms with Crippen LogP contribution in [0.2, 0.25) is 5.02 Å². The first-order chi connectivity index (χ1) is 10.1. The summed E-state index contributed by atoms with van der Waals surface area (Å²) in [4.78, 5) is 12.7. The molecule has 0 aliphatic rings. The number of aromatic nitrogens is 3. The van der Waals surface area contributed by atoms with Gasteiger partial charge in [-0.1, -0.05) is 41.9 Å². The van der Waals surface area contributed by atoms with Gasteiger partial charge in [0.15, 0.2) is 5.69 Å². The molecule has 3 rings (SSSR count). The minimum atomic E-state index is -1.12. The lowest BCUT2D eigenvalue weighted by atomic mass is 10.1. The van der Waals surface area contributed by atoms with Crippen LogP contribution in [0.15, 0.2) is 54.6 Å². The van der Waals surface area contributed by atoms with Crippen molar-refractivity contribution in [3.63, 3.8) is 0 Å². The molecule has 0 aliphatic carbocycles. The molecule has 0 atom stereocenters. The number of rotatable bonds is 3. The molecule has 21 heavy (non-hydrogen) atoms. The standard InChI is InChI=1S/C15H10ClN3O2/c16-11-6-8-12(9-7-11)19-17-13(14(18-19)15(20)21)10-4-2-1-3-5-10/h1-9H,(H,20,21). The van der Waals surface area contributed by atoms with Gasteiger partial charge in [0.1, 0.15) is 5.69 Å². The minimum absolute atomic E-state index is 0.0869. The molecule has 0 spiro atoms. The maximum atomic E-state index is 11.4. The molecule has 6 heteroatoms. The van der Waals surface area contributed by atoms with Gasteiger partial charge < -0.3 is 5.11 Å². The van der Waals surface area contributed by atoms with Gasteiger partial charge in [-0.2, -0.15) is 4.80 Å². The normalized spacial score (nSPS) is 10.5. The first kappa shape index (κ1) is 13.3. The Morgan fingerprint density at radius 1 is 1.00 bits per heavy atom. The van der Waals surface area contributed by atoms with E-state index < -0.39 is 5.97 Å². The molecule has 0 saturated carbocycles. The predicted octanol–water partition coefficient (Wildman–Crippen LogP) is 3.29.